The number of rotatable bonds is 6. The molecule has 1 aromatic heterocycles. The highest BCUT2D eigenvalue weighted by atomic mass is 16.1. The third kappa shape index (κ3) is 4.30. The number of carbonyl (C=O) groups excluding carboxylic acids is 1. The predicted octanol–water partition coefficient (Wildman–Crippen LogP) is 0.738. The monoisotopic (exact) mass is 279 g/mol. The molecule has 1 atom stereocenters. The van der Waals surface area contributed by atoms with Crippen LogP contribution >= 0.6 is 0 Å². The summed E-state index contributed by atoms with van der Waals surface area (Å²) in [4.78, 5) is 18.4. The van der Waals surface area contributed by atoms with Crippen molar-refractivity contribution in [2.45, 2.75) is 44.6 Å². The van der Waals surface area contributed by atoms with Crippen LogP contribution in [-0.4, -0.2) is 51.8 Å². The Hall–Kier alpha value is -1.43. The summed E-state index contributed by atoms with van der Waals surface area (Å²) in [6.45, 7) is 1.80. The van der Waals surface area contributed by atoms with Crippen LogP contribution in [0.5, 0.6) is 0 Å². The maximum absolute atomic E-state index is 11.8. The normalized spacial score (nSPS) is 20.0. The number of piperidine rings is 1. The van der Waals surface area contributed by atoms with Crippen LogP contribution in [0.15, 0.2) is 6.33 Å². The Balaban J connectivity index is 1.62. The molecule has 0 aliphatic carbocycles. The van der Waals surface area contributed by atoms with Gasteiger partial charge in [0.05, 0.1) is 0 Å². The van der Waals surface area contributed by atoms with Crippen molar-refractivity contribution >= 4 is 5.91 Å². The average Bonchev–Trinajstić information content (AvgIpc) is 2.84. The van der Waals surface area contributed by atoms with Crippen molar-refractivity contribution in [1.29, 1.82) is 0 Å². The van der Waals surface area contributed by atoms with Gasteiger partial charge in [-0.15, -0.1) is 0 Å². The standard InChI is InChI=1S/C14H25N5O/c1-18-10-4-3-5-12(18)6-7-14(20)15-9-8-13-16-11-17-19(13)2/h11-12H,3-10H2,1-2H3,(H,15,20)/t12-/m0/s1. The molecule has 0 bridgehead atoms. The third-order valence-electron chi connectivity index (χ3n) is 4.10. The number of amides is 1. The number of hydrogen-bond acceptors (Lipinski definition) is 4. The lowest BCUT2D eigenvalue weighted by Gasteiger charge is -2.32. The van der Waals surface area contributed by atoms with Crippen LogP contribution in [0.2, 0.25) is 0 Å². The minimum atomic E-state index is 0.145. The van der Waals surface area contributed by atoms with E-state index < -0.39 is 0 Å². The quantitative estimate of drug-likeness (QED) is 0.834. The van der Waals surface area contributed by atoms with Gasteiger partial charge >= 0.3 is 0 Å². The molecule has 1 amide bonds. The predicted molar refractivity (Wildman–Crippen MR) is 77.2 cm³/mol. The molecule has 2 heterocycles. The van der Waals surface area contributed by atoms with Crippen molar-refractivity contribution < 1.29 is 4.79 Å². The van der Waals surface area contributed by atoms with Gasteiger partial charge in [0.1, 0.15) is 12.2 Å². The molecule has 6 heteroatoms. The van der Waals surface area contributed by atoms with Gasteiger partial charge in [-0.05, 0) is 32.9 Å². The second kappa shape index (κ2) is 7.38. The Labute approximate surface area is 120 Å². The molecule has 6 nitrogen and oxygen atoms in total. The van der Waals surface area contributed by atoms with E-state index in [0.29, 0.717) is 19.0 Å². The zero-order valence-electron chi connectivity index (χ0n) is 12.5. The number of likely N-dealkylation sites (tertiary alicyclic amines) is 1. The second-order valence-electron chi connectivity index (χ2n) is 5.57. The zero-order valence-corrected chi connectivity index (χ0v) is 12.5. The lowest BCUT2D eigenvalue weighted by molar-refractivity contribution is -0.121. The average molecular weight is 279 g/mol. The van der Waals surface area contributed by atoms with Crippen LogP contribution in [0.25, 0.3) is 0 Å². The number of aryl methyl sites for hydroxylation is 1. The number of carbonyl (C=O) groups is 1. The highest BCUT2D eigenvalue weighted by molar-refractivity contribution is 5.75. The first-order valence-electron chi connectivity index (χ1n) is 7.46. The highest BCUT2D eigenvalue weighted by Crippen LogP contribution is 2.18. The van der Waals surface area contributed by atoms with E-state index in [1.54, 1.807) is 4.68 Å². The molecule has 112 valence electrons. The fraction of sp³-hybridized carbons (Fsp3) is 0.786. The van der Waals surface area contributed by atoms with Gasteiger partial charge in [-0.1, -0.05) is 6.42 Å². The van der Waals surface area contributed by atoms with Crippen LogP contribution in [0.3, 0.4) is 0 Å². The Morgan fingerprint density at radius 1 is 1.45 bits per heavy atom. The van der Waals surface area contributed by atoms with Gasteiger partial charge in [0, 0.05) is 32.5 Å². The summed E-state index contributed by atoms with van der Waals surface area (Å²) in [6.07, 6.45) is 7.66. The lowest BCUT2D eigenvalue weighted by Crippen LogP contribution is -2.37. The lowest BCUT2D eigenvalue weighted by atomic mass is 9.98. The summed E-state index contributed by atoms with van der Waals surface area (Å²) in [5, 5.41) is 6.97. The summed E-state index contributed by atoms with van der Waals surface area (Å²) in [5.74, 6) is 1.04. The molecule has 0 aromatic carbocycles. The van der Waals surface area contributed by atoms with E-state index in [1.807, 2.05) is 7.05 Å². The zero-order chi connectivity index (χ0) is 14.4. The SMILES string of the molecule is CN1CCCC[C@H]1CCC(=O)NCCc1ncnn1C. The van der Waals surface area contributed by atoms with E-state index in [9.17, 15) is 4.79 Å². The summed E-state index contributed by atoms with van der Waals surface area (Å²) in [7, 11) is 4.03. The fourth-order valence-electron chi connectivity index (χ4n) is 2.76. The molecule has 1 fully saturated rings. The minimum absolute atomic E-state index is 0.145. The fourth-order valence-corrected chi connectivity index (χ4v) is 2.76. The Bertz CT molecular complexity index is 431. The number of nitrogens with zero attached hydrogens (tertiary/aromatic N) is 4. The van der Waals surface area contributed by atoms with Gasteiger partial charge in [0.15, 0.2) is 0 Å². The minimum Gasteiger partial charge on any atom is -0.356 e. The molecule has 0 saturated carbocycles. The van der Waals surface area contributed by atoms with Crippen molar-refractivity contribution in [1.82, 2.24) is 25.0 Å². The van der Waals surface area contributed by atoms with Crippen LogP contribution in [0, 0.1) is 0 Å². The molecular weight excluding hydrogens is 254 g/mol. The summed E-state index contributed by atoms with van der Waals surface area (Å²) < 4.78 is 1.74. The molecule has 20 heavy (non-hydrogen) atoms. The van der Waals surface area contributed by atoms with Crippen molar-refractivity contribution in [3.8, 4) is 0 Å². The van der Waals surface area contributed by atoms with Crippen LogP contribution < -0.4 is 5.32 Å². The van der Waals surface area contributed by atoms with Gasteiger partial charge in [-0.3, -0.25) is 9.48 Å². The molecule has 0 spiro atoms. The number of nitrogens with one attached hydrogen (secondary N) is 1. The van der Waals surface area contributed by atoms with Gasteiger partial charge in [-0.2, -0.15) is 5.10 Å². The molecule has 0 unspecified atom stereocenters. The van der Waals surface area contributed by atoms with Crippen molar-refractivity contribution in [3.05, 3.63) is 12.2 Å². The highest BCUT2D eigenvalue weighted by Gasteiger charge is 2.19. The summed E-state index contributed by atoms with van der Waals surface area (Å²) in [6, 6.07) is 0.577. The summed E-state index contributed by atoms with van der Waals surface area (Å²) in [5.41, 5.74) is 0. The first-order chi connectivity index (χ1) is 9.66. The number of hydrogen-bond donors (Lipinski definition) is 1. The van der Waals surface area contributed by atoms with E-state index >= 15 is 0 Å². The van der Waals surface area contributed by atoms with Gasteiger partial charge < -0.3 is 10.2 Å². The molecule has 2 rings (SSSR count). The number of aromatic nitrogens is 3. The molecule has 0 radical (unpaired) electrons. The van der Waals surface area contributed by atoms with Crippen molar-refractivity contribution in [2.75, 3.05) is 20.1 Å². The van der Waals surface area contributed by atoms with Gasteiger partial charge in [-0.25, -0.2) is 4.98 Å². The van der Waals surface area contributed by atoms with Crippen LogP contribution in [-0.2, 0) is 18.3 Å². The smallest absolute Gasteiger partial charge is 0.220 e. The molecule has 1 aromatic rings. The second-order valence-corrected chi connectivity index (χ2v) is 5.57. The third-order valence-corrected chi connectivity index (χ3v) is 4.10. The maximum atomic E-state index is 11.8. The van der Waals surface area contributed by atoms with Crippen molar-refractivity contribution in [3.63, 3.8) is 0 Å². The van der Waals surface area contributed by atoms with Gasteiger partial charge in [0.2, 0.25) is 5.91 Å². The van der Waals surface area contributed by atoms with E-state index in [-0.39, 0.29) is 5.91 Å². The van der Waals surface area contributed by atoms with E-state index in [1.165, 1.54) is 32.1 Å². The van der Waals surface area contributed by atoms with E-state index in [4.69, 9.17) is 0 Å². The molecule has 1 saturated heterocycles. The Kier molecular flexibility index (Phi) is 5.52. The molecular formula is C14H25N5O. The van der Waals surface area contributed by atoms with E-state index in [0.717, 1.165) is 18.7 Å². The first kappa shape index (κ1) is 15.0. The summed E-state index contributed by atoms with van der Waals surface area (Å²) >= 11 is 0. The molecule has 1 aliphatic rings. The molecule has 1 aliphatic heterocycles. The van der Waals surface area contributed by atoms with Crippen LogP contribution in [0.4, 0.5) is 0 Å². The van der Waals surface area contributed by atoms with Crippen LogP contribution in [0.1, 0.15) is 37.9 Å². The van der Waals surface area contributed by atoms with Gasteiger partial charge in [0.25, 0.3) is 0 Å². The van der Waals surface area contributed by atoms with E-state index in [2.05, 4.69) is 27.3 Å². The Morgan fingerprint density at radius 3 is 3.00 bits per heavy atom. The van der Waals surface area contributed by atoms with Crippen molar-refractivity contribution in [2.24, 2.45) is 7.05 Å². The Morgan fingerprint density at radius 2 is 2.30 bits per heavy atom. The first-order valence-corrected chi connectivity index (χ1v) is 7.46. The molecule has 1 N–H and O–H groups in total. The topological polar surface area (TPSA) is 63.1 Å². The maximum Gasteiger partial charge on any atom is 0.220 e. The largest absolute Gasteiger partial charge is 0.356 e.